The zero-order valence-corrected chi connectivity index (χ0v) is 21.2. The molecule has 2 fully saturated rings. The van der Waals surface area contributed by atoms with E-state index < -0.39 is 17.4 Å². The summed E-state index contributed by atoms with van der Waals surface area (Å²) in [6.07, 6.45) is -0.715. The lowest BCUT2D eigenvalue weighted by Crippen LogP contribution is -2.40. The van der Waals surface area contributed by atoms with E-state index in [1.165, 1.54) is 6.07 Å². The van der Waals surface area contributed by atoms with Gasteiger partial charge in [0.1, 0.15) is 5.69 Å². The van der Waals surface area contributed by atoms with Crippen molar-refractivity contribution >= 4 is 34.6 Å². The predicted octanol–water partition coefficient (Wildman–Crippen LogP) is 6.13. The number of carbonyl (C=O) groups excluding carboxylic acids is 1. The molecule has 2 heterocycles. The van der Waals surface area contributed by atoms with Gasteiger partial charge in [0.15, 0.2) is 0 Å². The summed E-state index contributed by atoms with van der Waals surface area (Å²) in [6, 6.07) is 11.4. The molecule has 11 heteroatoms. The maximum Gasteiger partial charge on any atom is 0.418 e. The van der Waals surface area contributed by atoms with Crippen LogP contribution < -0.4 is 10.6 Å². The molecule has 0 spiro atoms. The molecule has 4 rings (SSSR count). The second-order valence-corrected chi connectivity index (χ2v) is 10.1. The summed E-state index contributed by atoms with van der Waals surface area (Å²) in [5.74, 6) is 0.0695. The van der Waals surface area contributed by atoms with E-state index >= 15 is 0 Å². The Balaban J connectivity index is 1.16. The zero-order chi connectivity index (χ0) is 26.4. The molecule has 0 bridgehead atoms. The van der Waals surface area contributed by atoms with Gasteiger partial charge in [-0.15, -0.1) is 4.91 Å². The molecule has 1 amide bonds. The molecule has 37 heavy (non-hydrogen) atoms. The Labute approximate surface area is 219 Å². The van der Waals surface area contributed by atoms with Gasteiger partial charge in [0.05, 0.1) is 5.56 Å². The molecular weight excluding hydrogens is 507 g/mol. The fraction of sp³-hybridized carbons (Fsp3) is 0.500. The number of hydrogen-bond donors (Lipinski definition) is 2. The van der Waals surface area contributed by atoms with Gasteiger partial charge in [-0.2, -0.15) is 13.2 Å². The zero-order valence-electron chi connectivity index (χ0n) is 20.4. The Morgan fingerprint density at radius 3 is 2.30 bits per heavy atom. The number of rotatable bonds is 9. The van der Waals surface area contributed by atoms with E-state index in [-0.39, 0.29) is 17.6 Å². The van der Waals surface area contributed by atoms with Crippen molar-refractivity contribution in [2.75, 3.05) is 43.4 Å². The number of likely N-dealkylation sites (tertiary alicyclic amines) is 2. The van der Waals surface area contributed by atoms with Crippen LogP contribution >= 0.6 is 11.6 Å². The van der Waals surface area contributed by atoms with Crippen molar-refractivity contribution in [3.05, 3.63) is 58.0 Å². The molecule has 2 N–H and O–H groups in total. The number of piperidine rings is 1. The number of benzene rings is 2. The van der Waals surface area contributed by atoms with Gasteiger partial charge in [-0.1, -0.05) is 11.6 Å². The lowest BCUT2D eigenvalue weighted by molar-refractivity contribution is -0.137. The molecule has 0 unspecified atom stereocenters. The van der Waals surface area contributed by atoms with Crippen molar-refractivity contribution in [1.82, 2.24) is 9.80 Å². The summed E-state index contributed by atoms with van der Waals surface area (Å²) < 4.78 is 39.5. The van der Waals surface area contributed by atoms with E-state index in [4.69, 9.17) is 11.6 Å². The molecule has 0 radical (unpaired) electrons. The highest BCUT2D eigenvalue weighted by molar-refractivity contribution is 6.30. The fourth-order valence-corrected chi connectivity index (χ4v) is 5.09. The minimum absolute atomic E-state index is 0.0695. The molecule has 2 aliphatic heterocycles. The SMILES string of the molecule is O=Nc1ccc(N[C@H]2CCN(C(=O)CCCN3CCC(Nc4ccc(Cl)cc4)CC3)C2)cc1C(F)(F)F. The van der Waals surface area contributed by atoms with E-state index in [2.05, 4.69) is 20.7 Å². The molecule has 200 valence electrons. The van der Waals surface area contributed by atoms with E-state index in [1.807, 2.05) is 24.3 Å². The first-order chi connectivity index (χ1) is 17.7. The van der Waals surface area contributed by atoms with Crippen molar-refractivity contribution in [1.29, 1.82) is 0 Å². The number of halogens is 4. The molecule has 1 atom stereocenters. The summed E-state index contributed by atoms with van der Waals surface area (Å²) in [6.45, 7) is 3.83. The van der Waals surface area contributed by atoms with Crippen molar-refractivity contribution in [2.24, 2.45) is 5.18 Å². The van der Waals surface area contributed by atoms with E-state index in [1.54, 1.807) is 4.90 Å². The molecule has 2 aromatic carbocycles. The third-order valence-corrected chi connectivity index (χ3v) is 7.23. The number of anilines is 2. The Kier molecular flexibility index (Phi) is 8.91. The first-order valence-corrected chi connectivity index (χ1v) is 12.9. The van der Waals surface area contributed by atoms with E-state index in [9.17, 15) is 22.9 Å². The van der Waals surface area contributed by atoms with Gasteiger partial charge < -0.3 is 20.4 Å². The number of nitrogens with zero attached hydrogens (tertiary/aromatic N) is 3. The van der Waals surface area contributed by atoms with Gasteiger partial charge in [-0.05, 0) is 79.9 Å². The number of hydrogen-bond acceptors (Lipinski definition) is 6. The molecule has 2 saturated heterocycles. The Bertz CT molecular complexity index is 1070. The van der Waals surface area contributed by atoms with E-state index in [0.717, 1.165) is 61.7 Å². The van der Waals surface area contributed by atoms with Crippen LogP contribution in [0.3, 0.4) is 0 Å². The van der Waals surface area contributed by atoms with Crippen LogP contribution in [0, 0.1) is 4.91 Å². The maximum absolute atomic E-state index is 13.2. The normalized spacial score (nSPS) is 19.1. The molecule has 0 saturated carbocycles. The Morgan fingerprint density at radius 1 is 0.973 bits per heavy atom. The largest absolute Gasteiger partial charge is 0.418 e. The van der Waals surface area contributed by atoms with Crippen LogP contribution in [-0.2, 0) is 11.0 Å². The average Bonchev–Trinajstić information content (AvgIpc) is 3.34. The first kappa shape index (κ1) is 27.2. The predicted molar refractivity (Wildman–Crippen MR) is 139 cm³/mol. The number of carbonyl (C=O) groups is 1. The lowest BCUT2D eigenvalue weighted by atomic mass is 10.0. The topological polar surface area (TPSA) is 77.0 Å². The standard InChI is InChI=1S/C26H31ClF3N5O2/c27-18-3-5-19(6-4-18)31-20-9-13-34(14-10-20)12-1-2-25(36)35-15-11-22(17-35)32-21-7-8-24(33-37)23(16-21)26(28,29)30/h3-8,16,20,22,31-32H,1-2,9-15,17H2/t22-/m0/s1. The van der Waals surface area contributed by atoms with Crippen molar-refractivity contribution in [3.8, 4) is 0 Å². The van der Waals surface area contributed by atoms with Crippen molar-refractivity contribution in [2.45, 2.75) is 50.4 Å². The second kappa shape index (κ2) is 12.1. The Morgan fingerprint density at radius 2 is 1.62 bits per heavy atom. The minimum atomic E-state index is -4.67. The summed E-state index contributed by atoms with van der Waals surface area (Å²) >= 11 is 5.94. The molecule has 2 aliphatic rings. The van der Waals surface area contributed by atoms with Crippen LogP contribution in [0.4, 0.5) is 30.2 Å². The quantitative estimate of drug-likeness (QED) is 0.376. The van der Waals surface area contributed by atoms with Crippen LogP contribution in [0.15, 0.2) is 47.6 Å². The molecule has 7 nitrogen and oxygen atoms in total. The fourth-order valence-electron chi connectivity index (χ4n) is 4.97. The molecule has 0 aromatic heterocycles. The van der Waals surface area contributed by atoms with E-state index in [0.29, 0.717) is 32.0 Å². The van der Waals surface area contributed by atoms with Gasteiger partial charge in [-0.25, -0.2) is 0 Å². The van der Waals surface area contributed by atoms with Crippen molar-refractivity contribution in [3.63, 3.8) is 0 Å². The van der Waals surface area contributed by atoms with Crippen LogP contribution in [0.5, 0.6) is 0 Å². The summed E-state index contributed by atoms with van der Waals surface area (Å²) in [5.41, 5.74) is -0.373. The highest BCUT2D eigenvalue weighted by atomic mass is 35.5. The maximum atomic E-state index is 13.2. The number of nitrogens with one attached hydrogen (secondary N) is 2. The van der Waals surface area contributed by atoms with Gasteiger partial charge in [0, 0.05) is 61.1 Å². The summed E-state index contributed by atoms with van der Waals surface area (Å²) in [5, 5.41) is 9.80. The van der Waals surface area contributed by atoms with Gasteiger partial charge in [-0.3, -0.25) is 4.79 Å². The Hall–Kier alpha value is -2.85. The third kappa shape index (κ3) is 7.58. The number of nitroso groups, excluding NO2 is 1. The summed E-state index contributed by atoms with van der Waals surface area (Å²) in [7, 11) is 0. The summed E-state index contributed by atoms with van der Waals surface area (Å²) in [4.78, 5) is 27.6. The van der Waals surface area contributed by atoms with Crippen LogP contribution in [0.2, 0.25) is 5.02 Å². The molecule has 0 aliphatic carbocycles. The highest BCUT2D eigenvalue weighted by Crippen LogP contribution is 2.38. The first-order valence-electron chi connectivity index (χ1n) is 12.5. The highest BCUT2D eigenvalue weighted by Gasteiger charge is 2.35. The molecular formula is C26H31ClF3N5O2. The van der Waals surface area contributed by atoms with Gasteiger partial charge in [0.2, 0.25) is 5.91 Å². The third-order valence-electron chi connectivity index (χ3n) is 6.98. The van der Waals surface area contributed by atoms with Gasteiger partial charge in [0.25, 0.3) is 0 Å². The lowest BCUT2D eigenvalue weighted by Gasteiger charge is -2.33. The minimum Gasteiger partial charge on any atom is -0.382 e. The van der Waals surface area contributed by atoms with Crippen LogP contribution in [0.25, 0.3) is 0 Å². The van der Waals surface area contributed by atoms with Crippen molar-refractivity contribution < 1.29 is 18.0 Å². The van der Waals surface area contributed by atoms with Crippen LogP contribution in [-0.4, -0.2) is 60.5 Å². The molecule has 2 aromatic rings. The van der Waals surface area contributed by atoms with Crippen LogP contribution in [0.1, 0.15) is 37.7 Å². The van der Waals surface area contributed by atoms with Gasteiger partial charge >= 0.3 is 6.18 Å². The average molecular weight is 538 g/mol. The number of alkyl halides is 3. The number of amides is 1. The smallest absolute Gasteiger partial charge is 0.382 e. The second-order valence-electron chi connectivity index (χ2n) is 9.66. The monoisotopic (exact) mass is 537 g/mol.